The van der Waals surface area contributed by atoms with Gasteiger partial charge in [-0.2, -0.15) is 11.8 Å². The molecule has 0 aromatic heterocycles. The molecule has 0 bridgehead atoms. The van der Waals surface area contributed by atoms with Crippen molar-refractivity contribution in [2.45, 2.75) is 20.3 Å². The average molecular weight is 217 g/mol. The Hall–Kier alpha value is 0.01000. The van der Waals surface area contributed by atoms with E-state index in [0.717, 1.165) is 31.0 Å². The molecular weight excluding hydrogens is 194 g/mol. The van der Waals surface area contributed by atoms with Crippen LogP contribution in [0.1, 0.15) is 20.3 Å². The number of nitrogens with one attached hydrogen (secondary N) is 1. The Morgan fingerprint density at radius 3 is 2.79 bits per heavy atom. The van der Waals surface area contributed by atoms with Gasteiger partial charge in [-0.15, -0.1) is 6.58 Å². The molecule has 0 radical (unpaired) electrons. The second-order valence-corrected chi connectivity index (χ2v) is 5.01. The van der Waals surface area contributed by atoms with Crippen LogP contribution in [0.3, 0.4) is 0 Å². The SMILES string of the molecule is C=CCSCCNCC(C)(CC)CO. The van der Waals surface area contributed by atoms with Crippen molar-refractivity contribution >= 4 is 11.8 Å². The molecule has 0 rings (SSSR count). The highest BCUT2D eigenvalue weighted by molar-refractivity contribution is 7.99. The predicted octanol–water partition coefficient (Wildman–Crippen LogP) is 1.90. The van der Waals surface area contributed by atoms with Gasteiger partial charge in [0, 0.05) is 36.6 Å². The van der Waals surface area contributed by atoms with E-state index >= 15 is 0 Å². The molecule has 0 aliphatic rings. The maximum atomic E-state index is 9.17. The fraction of sp³-hybridized carbons (Fsp3) is 0.818. The maximum absolute atomic E-state index is 9.17. The van der Waals surface area contributed by atoms with Crippen LogP contribution in [0.15, 0.2) is 12.7 Å². The lowest BCUT2D eigenvalue weighted by molar-refractivity contribution is 0.136. The smallest absolute Gasteiger partial charge is 0.0496 e. The van der Waals surface area contributed by atoms with Crippen molar-refractivity contribution in [1.82, 2.24) is 5.32 Å². The maximum Gasteiger partial charge on any atom is 0.0496 e. The van der Waals surface area contributed by atoms with Crippen molar-refractivity contribution in [1.29, 1.82) is 0 Å². The Kier molecular flexibility index (Phi) is 8.34. The lowest BCUT2D eigenvalue weighted by Crippen LogP contribution is -2.35. The summed E-state index contributed by atoms with van der Waals surface area (Å²) in [6.07, 6.45) is 2.94. The second-order valence-electron chi connectivity index (χ2n) is 3.86. The molecule has 0 saturated heterocycles. The third-order valence-electron chi connectivity index (χ3n) is 2.45. The van der Waals surface area contributed by atoms with Gasteiger partial charge in [-0.1, -0.05) is 19.9 Å². The molecule has 0 heterocycles. The van der Waals surface area contributed by atoms with Crippen LogP contribution in [-0.4, -0.2) is 36.3 Å². The largest absolute Gasteiger partial charge is 0.396 e. The van der Waals surface area contributed by atoms with Gasteiger partial charge in [-0.05, 0) is 6.42 Å². The van der Waals surface area contributed by atoms with E-state index in [0.29, 0.717) is 0 Å². The first-order valence-corrected chi connectivity index (χ1v) is 6.34. The van der Waals surface area contributed by atoms with Gasteiger partial charge in [0.05, 0.1) is 0 Å². The van der Waals surface area contributed by atoms with Crippen LogP contribution in [-0.2, 0) is 0 Å². The highest BCUT2D eigenvalue weighted by atomic mass is 32.2. The van der Waals surface area contributed by atoms with Crippen LogP contribution in [0.5, 0.6) is 0 Å². The Morgan fingerprint density at radius 2 is 2.29 bits per heavy atom. The molecule has 0 aromatic carbocycles. The summed E-state index contributed by atoms with van der Waals surface area (Å²) in [5.74, 6) is 2.13. The summed E-state index contributed by atoms with van der Waals surface area (Å²) in [5.41, 5.74) is 0.0447. The van der Waals surface area contributed by atoms with Crippen molar-refractivity contribution in [3.8, 4) is 0 Å². The first kappa shape index (κ1) is 14.0. The van der Waals surface area contributed by atoms with E-state index in [4.69, 9.17) is 5.11 Å². The summed E-state index contributed by atoms with van der Waals surface area (Å²) in [6, 6.07) is 0. The van der Waals surface area contributed by atoms with Crippen molar-refractivity contribution in [3.63, 3.8) is 0 Å². The van der Waals surface area contributed by atoms with E-state index < -0.39 is 0 Å². The van der Waals surface area contributed by atoms with Gasteiger partial charge in [0.2, 0.25) is 0 Å². The molecule has 2 N–H and O–H groups in total. The molecule has 0 aliphatic carbocycles. The minimum atomic E-state index is 0.0447. The molecule has 0 spiro atoms. The predicted molar refractivity (Wildman–Crippen MR) is 65.9 cm³/mol. The Labute approximate surface area is 92.2 Å². The topological polar surface area (TPSA) is 32.3 Å². The van der Waals surface area contributed by atoms with Gasteiger partial charge < -0.3 is 10.4 Å². The molecule has 2 nitrogen and oxygen atoms in total. The van der Waals surface area contributed by atoms with E-state index in [1.54, 1.807) is 0 Å². The van der Waals surface area contributed by atoms with Gasteiger partial charge in [0.15, 0.2) is 0 Å². The summed E-state index contributed by atoms with van der Waals surface area (Å²) in [6.45, 7) is 10.1. The third-order valence-corrected chi connectivity index (χ3v) is 3.41. The minimum absolute atomic E-state index is 0.0447. The van der Waals surface area contributed by atoms with Gasteiger partial charge in [-0.25, -0.2) is 0 Å². The van der Waals surface area contributed by atoms with Gasteiger partial charge in [-0.3, -0.25) is 0 Å². The normalized spacial score (nSPS) is 15.1. The number of thioether (sulfide) groups is 1. The number of aliphatic hydroxyl groups excluding tert-OH is 1. The molecule has 14 heavy (non-hydrogen) atoms. The van der Waals surface area contributed by atoms with Gasteiger partial charge in [0.1, 0.15) is 0 Å². The highest BCUT2D eigenvalue weighted by Gasteiger charge is 2.19. The summed E-state index contributed by atoms with van der Waals surface area (Å²) < 4.78 is 0. The zero-order valence-corrected chi connectivity index (χ0v) is 10.2. The van der Waals surface area contributed by atoms with Gasteiger partial charge in [0.25, 0.3) is 0 Å². The number of hydrogen-bond donors (Lipinski definition) is 2. The minimum Gasteiger partial charge on any atom is -0.396 e. The van der Waals surface area contributed by atoms with E-state index in [2.05, 4.69) is 25.7 Å². The molecule has 0 aromatic rings. The third kappa shape index (κ3) is 6.46. The first-order valence-electron chi connectivity index (χ1n) is 5.18. The standard InChI is InChI=1S/C11H23NOS/c1-4-7-14-8-6-12-9-11(3,5-2)10-13/h4,12-13H,1,5-10H2,2-3H3. The van der Waals surface area contributed by atoms with Crippen LogP contribution < -0.4 is 5.32 Å². The van der Waals surface area contributed by atoms with Crippen molar-refractivity contribution in [2.75, 3.05) is 31.2 Å². The summed E-state index contributed by atoms with van der Waals surface area (Å²) in [4.78, 5) is 0. The van der Waals surface area contributed by atoms with Crippen molar-refractivity contribution < 1.29 is 5.11 Å². The summed E-state index contributed by atoms with van der Waals surface area (Å²) in [5, 5.41) is 12.5. The van der Waals surface area contributed by atoms with E-state index in [-0.39, 0.29) is 12.0 Å². The van der Waals surface area contributed by atoms with Crippen molar-refractivity contribution in [3.05, 3.63) is 12.7 Å². The zero-order chi connectivity index (χ0) is 10.9. The van der Waals surface area contributed by atoms with Crippen LogP contribution in [0.2, 0.25) is 0 Å². The fourth-order valence-electron chi connectivity index (χ4n) is 0.994. The molecule has 1 unspecified atom stereocenters. The quantitative estimate of drug-likeness (QED) is 0.457. The van der Waals surface area contributed by atoms with E-state index in [1.165, 1.54) is 0 Å². The molecule has 84 valence electrons. The van der Waals surface area contributed by atoms with Gasteiger partial charge >= 0.3 is 0 Å². The highest BCUT2D eigenvalue weighted by Crippen LogP contribution is 2.18. The monoisotopic (exact) mass is 217 g/mol. The molecule has 0 saturated carbocycles. The van der Waals surface area contributed by atoms with Crippen LogP contribution in [0.4, 0.5) is 0 Å². The lowest BCUT2D eigenvalue weighted by atomic mass is 9.89. The summed E-state index contributed by atoms with van der Waals surface area (Å²) >= 11 is 1.88. The fourth-order valence-corrected chi connectivity index (χ4v) is 1.62. The molecule has 0 aliphatic heterocycles. The number of hydrogen-bond acceptors (Lipinski definition) is 3. The Bertz CT molecular complexity index is 146. The number of aliphatic hydroxyl groups is 1. The summed E-state index contributed by atoms with van der Waals surface area (Å²) in [7, 11) is 0. The van der Waals surface area contributed by atoms with Crippen LogP contribution >= 0.6 is 11.8 Å². The van der Waals surface area contributed by atoms with Crippen molar-refractivity contribution in [2.24, 2.45) is 5.41 Å². The molecule has 0 fully saturated rings. The molecule has 1 atom stereocenters. The van der Waals surface area contributed by atoms with Crippen LogP contribution in [0.25, 0.3) is 0 Å². The lowest BCUT2D eigenvalue weighted by Gasteiger charge is -2.25. The molecule has 0 amide bonds. The Balaban J connectivity index is 3.38. The second kappa shape index (κ2) is 8.33. The zero-order valence-electron chi connectivity index (χ0n) is 9.38. The molecular formula is C11H23NOS. The van der Waals surface area contributed by atoms with E-state index in [9.17, 15) is 0 Å². The molecule has 3 heteroatoms. The van der Waals surface area contributed by atoms with Crippen LogP contribution in [0, 0.1) is 5.41 Å². The number of rotatable bonds is 9. The van der Waals surface area contributed by atoms with E-state index in [1.807, 2.05) is 17.8 Å². The first-order chi connectivity index (χ1) is 6.68. The average Bonchev–Trinajstić information content (AvgIpc) is 2.23. The Morgan fingerprint density at radius 1 is 1.57 bits per heavy atom.